The molecule has 10 heteroatoms. The maximum absolute atomic E-state index is 10.7. The molecule has 0 aliphatic rings. The first kappa shape index (κ1) is 15.7. The Balaban J connectivity index is 2.43. The highest BCUT2D eigenvalue weighted by Gasteiger charge is 2.18. The molecule has 0 spiro atoms. The molecule has 2 rings (SSSR count). The van der Waals surface area contributed by atoms with Gasteiger partial charge in [0.25, 0.3) is 5.69 Å². The molecule has 0 fully saturated rings. The van der Waals surface area contributed by atoms with Crippen LogP contribution in [0.15, 0.2) is 22.9 Å². The predicted octanol–water partition coefficient (Wildman–Crippen LogP) is 4.29. The number of hydrogen-bond donors (Lipinski definition) is 1. The topological polar surface area (TPSA) is 90.2 Å². The second kappa shape index (κ2) is 6.42. The normalized spacial score (nSPS) is 10.3. The summed E-state index contributed by atoms with van der Waals surface area (Å²) < 4.78 is 5.99. The lowest BCUT2D eigenvalue weighted by Gasteiger charge is -2.11. The van der Waals surface area contributed by atoms with Crippen molar-refractivity contribution in [3.63, 3.8) is 0 Å². The third-order valence-corrected chi connectivity index (χ3v) is 3.66. The molecule has 0 atom stereocenters. The number of hydrogen-bond acceptors (Lipinski definition) is 6. The van der Waals surface area contributed by atoms with Crippen molar-refractivity contribution in [2.75, 3.05) is 12.4 Å². The molecule has 2 aromatic rings. The number of nitro groups is 1. The predicted molar refractivity (Wildman–Crippen MR) is 82.5 cm³/mol. The van der Waals surface area contributed by atoms with Gasteiger partial charge in [-0.3, -0.25) is 10.1 Å². The number of anilines is 1. The first-order valence-corrected chi connectivity index (χ1v) is 6.98. The number of non-ortho nitro benzene ring substituents is 1. The summed E-state index contributed by atoms with van der Waals surface area (Å²) >= 11 is 15.2. The van der Waals surface area contributed by atoms with E-state index in [2.05, 4.69) is 31.2 Å². The largest absolute Gasteiger partial charge is 0.435 e. The SMILES string of the molecule is CNc1ncnc(Oc2c(Cl)cc([N+](=O)[O-])cc2Cl)c1Br. The Morgan fingerprint density at radius 2 is 1.95 bits per heavy atom. The molecule has 0 saturated carbocycles. The molecule has 1 N–H and O–H groups in total. The molecule has 7 nitrogen and oxygen atoms in total. The summed E-state index contributed by atoms with van der Waals surface area (Å²) in [6.45, 7) is 0. The van der Waals surface area contributed by atoms with Crippen molar-refractivity contribution in [3.8, 4) is 11.6 Å². The van der Waals surface area contributed by atoms with Gasteiger partial charge in [0.2, 0.25) is 5.88 Å². The molecule has 0 aliphatic heterocycles. The smallest absolute Gasteiger partial charge is 0.272 e. The second-order valence-corrected chi connectivity index (χ2v) is 5.30. The summed E-state index contributed by atoms with van der Waals surface area (Å²) in [7, 11) is 1.68. The fourth-order valence-corrected chi connectivity index (χ4v) is 2.48. The van der Waals surface area contributed by atoms with E-state index in [1.807, 2.05) is 0 Å². The summed E-state index contributed by atoms with van der Waals surface area (Å²) in [5.41, 5.74) is -0.227. The maximum Gasteiger partial charge on any atom is 0.272 e. The average Bonchev–Trinajstić information content (AvgIpc) is 2.44. The van der Waals surface area contributed by atoms with Gasteiger partial charge in [0.05, 0.1) is 15.0 Å². The van der Waals surface area contributed by atoms with Crippen LogP contribution in [0.3, 0.4) is 0 Å². The fraction of sp³-hybridized carbons (Fsp3) is 0.0909. The summed E-state index contributed by atoms with van der Waals surface area (Å²) in [5.74, 6) is 0.756. The number of nitrogens with one attached hydrogen (secondary N) is 1. The molecule has 110 valence electrons. The van der Waals surface area contributed by atoms with Crippen molar-refractivity contribution in [2.45, 2.75) is 0 Å². The monoisotopic (exact) mass is 392 g/mol. The van der Waals surface area contributed by atoms with E-state index in [9.17, 15) is 10.1 Å². The third kappa shape index (κ3) is 3.34. The van der Waals surface area contributed by atoms with Crippen molar-refractivity contribution >= 4 is 50.6 Å². The van der Waals surface area contributed by atoms with Gasteiger partial charge in [0.1, 0.15) is 16.6 Å². The minimum Gasteiger partial charge on any atom is -0.435 e. The quantitative estimate of drug-likeness (QED) is 0.615. The van der Waals surface area contributed by atoms with Crippen LogP contribution < -0.4 is 10.1 Å². The molecule has 0 unspecified atom stereocenters. The van der Waals surface area contributed by atoms with Gasteiger partial charge >= 0.3 is 0 Å². The molecule has 1 aromatic carbocycles. The van der Waals surface area contributed by atoms with Crippen molar-refractivity contribution < 1.29 is 9.66 Å². The lowest BCUT2D eigenvalue weighted by molar-refractivity contribution is -0.384. The molecule has 0 radical (unpaired) electrons. The van der Waals surface area contributed by atoms with Gasteiger partial charge in [-0.2, -0.15) is 0 Å². The Bertz CT molecular complexity index is 691. The average molecular weight is 394 g/mol. The third-order valence-electron chi connectivity index (χ3n) is 2.39. The van der Waals surface area contributed by atoms with E-state index >= 15 is 0 Å². The van der Waals surface area contributed by atoms with Crippen LogP contribution in [0.4, 0.5) is 11.5 Å². The number of nitro benzene ring substituents is 1. The zero-order chi connectivity index (χ0) is 15.6. The van der Waals surface area contributed by atoms with Crippen molar-refractivity contribution in [1.82, 2.24) is 9.97 Å². The highest BCUT2D eigenvalue weighted by Crippen LogP contribution is 2.41. The second-order valence-electron chi connectivity index (χ2n) is 3.69. The molecule has 1 heterocycles. The van der Waals surface area contributed by atoms with Crippen LogP contribution in [0.1, 0.15) is 0 Å². The molecule has 0 amide bonds. The number of aromatic nitrogens is 2. The number of nitrogens with zero attached hydrogens (tertiary/aromatic N) is 3. The Kier molecular flexibility index (Phi) is 4.81. The maximum atomic E-state index is 10.7. The van der Waals surface area contributed by atoms with Gasteiger partial charge in [-0.25, -0.2) is 9.97 Å². The fourth-order valence-electron chi connectivity index (χ4n) is 1.45. The molecular weight excluding hydrogens is 387 g/mol. The Morgan fingerprint density at radius 3 is 2.48 bits per heavy atom. The van der Waals surface area contributed by atoms with Gasteiger partial charge < -0.3 is 10.1 Å². The first-order valence-electron chi connectivity index (χ1n) is 5.43. The molecule has 1 aromatic heterocycles. The van der Waals surface area contributed by atoms with Crippen molar-refractivity contribution in [3.05, 3.63) is 43.1 Å². The summed E-state index contributed by atoms with van der Waals surface area (Å²) in [4.78, 5) is 18.1. The number of ether oxygens (including phenoxy) is 1. The molecule has 0 aliphatic carbocycles. The Morgan fingerprint density at radius 1 is 1.33 bits per heavy atom. The van der Waals surface area contributed by atoms with Gasteiger partial charge in [0, 0.05) is 19.2 Å². The highest BCUT2D eigenvalue weighted by atomic mass is 79.9. The van der Waals surface area contributed by atoms with Crippen LogP contribution in [0.25, 0.3) is 0 Å². The van der Waals surface area contributed by atoms with E-state index in [1.165, 1.54) is 6.33 Å². The van der Waals surface area contributed by atoms with E-state index in [4.69, 9.17) is 27.9 Å². The highest BCUT2D eigenvalue weighted by molar-refractivity contribution is 9.10. The van der Waals surface area contributed by atoms with E-state index in [-0.39, 0.29) is 27.4 Å². The lowest BCUT2D eigenvalue weighted by Crippen LogP contribution is -1.98. The zero-order valence-electron chi connectivity index (χ0n) is 10.4. The zero-order valence-corrected chi connectivity index (χ0v) is 13.5. The minimum atomic E-state index is -0.596. The first-order chi connectivity index (χ1) is 9.93. The van der Waals surface area contributed by atoms with Crippen molar-refractivity contribution in [1.29, 1.82) is 0 Å². The number of halogens is 3. The number of rotatable bonds is 4. The Labute approximate surface area is 137 Å². The van der Waals surface area contributed by atoms with Crippen LogP contribution in [-0.2, 0) is 0 Å². The van der Waals surface area contributed by atoms with Crippen LogP contribution in [0.5, 0.6) is 11.6 Å². The van der Waals surface area contributed by atoms with Gasteiger partial charge in [-0.15, -0.1) is 0 Å². The van der Waals surface area contributed by atoms with E-state index in [0.717, 1.165) is 12.1 Å². The standard InChI is InChI=1S/C11H7BrCl2N4O3/c1-15-10-8(12)11(17-4-16-10)21-9-6(13)2-5(18(19)20)3-7(9)14/h2-4H,1H3,(H,15,16,17). The van der Waals surface area contributed by atoms with Crippen LogP contribution >= 0.6 is 39.1 Å². The summed E-state index contributed by atoms with van der Waals surface area (Å²) in [6.07, 6.45) is 1.29. The lowest BCUT2D eigenvalue weighted by atomic mass is 10.3. The summed E-state index contributed by atoms with van der Waals surface area (Å²) in [6, 6.07) is 2.30. The molecular formula is C11H7BrCl2N4O3. The van der Waals surface area contributed by atoms with Crippen molar-refractivity contribution in [2.24, 2.45) is 0 Å². The van der Waals surface area contributed by atoms with Crippen LogP contribution in [-0.4, -0.2) is 21.9 Å². The minimum absolute atomic E-state index is 0.00530. The summed E-state index contributed by atoms with van der Waals surface area (Å²) in [5, 5.41) is 13.6. The van der Waals surface area contributed by atoms with E-state index in [1.54, 1.807) is 7.05 Å². The van der Waals surface area contributed by atoms with Crippen LogP contribution in [0, 0.1) is 10.1 Å². The number of benzene rings is 1. The molecule has 21 heavy (non-hydrogen) atoms. The Hall–Kier alpha value is -1.64. The van der Waals surface area contributed by atoms with Gasteiger partial charge in [-0.05, 0) is 15.9 Å². The molecule has 0 bridgehead atoms. The van der Waals surface area contributed by atoms with Crippen LogP contribution in [0.2, 0.25) is 10.0 Å². The molecule has 0 saturated heterocycles. The van der Waals surface area contributed by atoms with E-state index in [0.29, 0.717) is 10.3 Å². The van der Waals surface area contributed by atoms with Gasteiger partial charge in [0.15, 0.2) is 5.75 Å². The van der Waals surface area contributed by atoms with E-state index < -0.39 is 4.92 Å². The van der Waals surface area contributed by atoms with Gasteiger partial charge in [-0.1, -0.05) is 23.2 Å².